The quantitative estimate of drug-likeness (QED) is 0.871. The fraction of sp³-hybridized carbons (Fsp3) is 0.857. The molecule has 0 aromatic carbocycles. The molecule has 4 aliphatic rings. The maximum Gasteiger partial charge on any atom is 0.230 e. The summed E-state index contributed by atoms with van der Waals surface area (Å²) >= 11 is 0. The number of nitrogens with zero attached hydrogens (tertiary/aromatic N) is 2. The van der Waals surface area contributed by atoms with Crippen LogP contribution in [0.2, 0.25) is 0 Å². The van der Waals surface area contributed by atoms with Gasteiger partial charge in [-0.25, -0.2) is 0 Å². The zero-order chi connectivity index (χ0) is 12.4. The summed E-state index contributed by atoms with van der Waals surface area (Å²) in [5.41, 5.74) is 6.28. The molecule has 0 amide bonds. The highest BCUT2D eigenvalue weighted by molar-refractivity contribution is 5.17. The number of hydrogen-bond donors (Lipinski definition) is 1. The van der Waals surface area contributed by atoms with Crippen LogP contribution in [0.1, 0.15) is 57.2 Å². The molecule has 2 atom stereocenters. The summed E-state index contributed by atoms with van der Waals surface area (Å²) in [5.74, 6) is 3.23. The molecule has 4 fully saturated rings. The molecule has 0 aliphatic heterocycles. The van der Waals surface area contributed by atoms with Crippen LogP contribution in [0.15, 0.2) is 4.42 Å². The van der Waals surface area contributed by atoms with Gasteiger partial charge >= 0.3 is 0 Å². The lowest BCUT2D eigenvalue weighted by Gasteiger charge is -2.60. The average molecular weight is 247 g/mol. The van der Waals surface area contributed by atoms with Gasteiger partial charge < -0.3 is 10.2 Å². The van der Waals surface area contributed by atoms with Gasteiger partial charge in [-0.05, 0) is 55.8 Å². The molecule has 1 aromatic heterocycles. The monoisotopic (exact) mass is 247 g/mol. The van der Waals surface area contributed by atoms with Crippen LogP contribution in [0.3, 0.4) is 0 Å². The summed E-state index contributed by atoms with van der Waals surface area (Å²) in [6.45, 7) is 2.81. The summed E-state index contributed by atoms with van der Waals surface area (Å²) < 4.78 is 5.82. The predicted octanol–water partition coefficient (Wildman–Crippen LogP) is 2.39. The molecule has 1 aromatic rings. The average Bonchev–Trinajstić information content (AvgIpc) is 2.74. The van der Waals surface area contributed by atoms with Gasteiger partial charge in [-0.3, -0.25) is 0 Å². The Kier molecular flexibility index (Phi) is 2.04. The molecule has 98 valence electrons. The van der Waals surface area contributed by atoms with Crippen molar-refractivity contribution < 1.29 is 4.42 Å². The van der Waals surface area contributed by atoms with E-state index in [1.165, 1.54) is 38.5 Å². The zero-order valence-corrected chi connectivity index (χ0v) is 11.0. The Hall–Kier alpha value is -0.900. The van der Waals surface area contributed by atoms with Crippen LogP contribution in [-0.2, 0) is 12.0 Å². The van der Waals surface area contributed by atoms with E-state index in [1.807, 2.05) is 0 Å². The molecule has 4 nitrogen and oxygen atoms in total. The number of rotatable bonds is 2. The first-order chi connectivity index (χ1) is 8.61. The van der Waals surface area contributed by atoms with Crippen LogP contribution in [0.25, 0.3) is 0 Å². The summed E-state index contributed by atoms with van der Waals surface area (Å²) in [6, 6.07) is 0. The Morgan fingerprint density at radius 2 is 1.94 bits per heavy atom. The smallest absolute Gasteiger partial charge is 0.230 e. The van der Waals surface area contributed by atoms with Crippen molar-refractivity contribution in [3.8, 4) is 0 Å². The molecule has 0 spiro atoms. The molecule has 5 rings (SSSR count). The number of nitrogens with two attached hydrogens (primary N) is 1. The first kappa shape index (κ1) is 11.0. The van der Waals surface area contributed by atoms with Crippen molar-refractivity contribution in [1.29, 1.82) is 0 Å². The van der Waals surface area contributed by atoms with Gasteiger partial charge in [0.25, 0.3) is 0 Å². The van der Waals surface area contributed by atoms with Gasteiger partial charge in [0.05, 0.1) is 6.54 Å². The number of aromatic nitrogens is 2. The molecule has 0 radical (unpaired) electrons. The van der Waals surface area contributed by atoms with Gasteiger partial charge in [0.2, 0.25) is 11.8 Å². The Balaban J connectivity index is 1.74. The summed E-state index contributed by atoms with van der Waals surface area (Å²) in [5, 5.41) is 8.38. The topological polar surface area (TPSA) is 64.9 Å². The Morgan fingerprint density at radius 3 is 2.50 bits per heavy atom. The lowest BCUT2D eigenvalue weighted by atomic mass is 9.44. The molecule has 4 aliphatic carbocycles. The van der Waals surface area contributed by atoms with E-state index < -0.39 is 0 Å². The van der Waals surface area contributed by atoms with Gasteiger partial charge in [0, 0.05) is 5.41 Å². The summed E-state index contributed by atoms with van der Waals surface area (Å²) in [6.07, 6.45) is 7.98. The van der Waals surface area contributed by atoms with Crippen molar-refractivity contribution in [3.63, 3.8) is 0 Å². The third-order valence-electron chi connectivity index (χ3n) is 5.45. The van der Waals surface area contributed by atoms with Crippen molar-refractivity contribution in [1.82, 2.24) is 10.2 Å². The van der Waals surface area contributed by atoms with Gasteiger partial charge in [-0.15, -0.1) is 10.2 Å². The van der Waals surface area contributed by atoms with E-state index in [4.69, 9.17) is 10.2 Å². The lowest BCUT2D eigenvalue weighted by Crippen LogP contribution is -2.53. The molecule has 0 saturated heterocycles. The fourth-order valence-corrected chi connectivity index (χ4v) is 5.52. The van der Waals surface area contributed by atoms with Crippen molar-refractivity contribution in [2.75, 3.05) is 0 Å². The lowest BCUT2D eigenvalue weighted by molar-refractivity contribution is -0.0712. The highest BCUT2D eigenvalue weighted by atomic mass is 16.4. The third kappa shape index (κ3) is 1.41. The molecular formula is C14H21N3O. The Bertz CT molecular complexity index is 467. The minimum absolute atomic E-state index is 0.180. The first-order valence-electron chi connectivity index (χ1n) is 7.14. The molecule has 4 bridgehead atoms. The number of hydrogen-bond acceptors (Lipinski definition) is 4. The second kappa shape index (κ2) is 3.35. The normalized spacial score (nSPS) is 45.7. The second-order valence-electron chi connectivity index (χ2n) is 7.26. The SMILES string of the molecule is CC12CC3CC(C1)CC(c1nnc(CN)o1)(C3)C2. The first-order valence-corrected chi connectivity index (χ1v) is 7.14. The molecule has 4 saturated carbocycles. The minimum Gasteiger partial charge on any atom is -0.423 e. The van der Waals surface area contributed by atoms with E-state index in [1.54, 1.807) is 0 Å². The maximum atomic E-state index is 5.82. The zero-order valence-electron chi connectivity index (χ0n) is 11.0. The van der Waals surface area contributed by atoms with Crippen LogP contribution < -0.4 is 5.73 Å². The van der Waals surface area contributed by atoms with E-state index in [9.17, 15) is 0 Å². The van der Waals surface area contributed by atoms with Gasteiger partial charge in [0.15, 0.2) is 0 Å². The van der Waals surface area contributed by atoms with Crippen molar-refractivity contribution in [3.05, 3.63) is 11.8 Å². The Labute approximate surface area is 107 Å². The molecule has 2 unspecified atom stereocenters. The highest BCUT2D eigenvalue weighted by Crippen LogP contribution is 2.65. The van der Waals surface area contributed by atoms with Crippen molar-refractivity contribution >= 4 is 0 Å². The van der Waals surface area contributed by atoms with Crippen LogP contribution in [0.5, 0.6) is 0 Å². The summed E-state index contributed by atoms with van der Waals surface area (Å²) in [4.78, 5) is 0. The van der Waals surface area contributed by atoms with E-state index in [0.717, 1.165) is 17.7 Å². The second-order valence-corrected chi connectivity index (χ2v) is 7.26. The standard InChI is InChI=1S/C14H21N3O/c1-13-3-9-2-10(4-13)6-14(5-9,8-13)12-17-16-11(7-15)18-12/h9-10H,2-8,15H2,1H3. The van der Waals surface area contributed by atoms with E-state index in [-0.39, 0.29) is 5.41 Å². The van der Waals surface area contributed by atoms with Crippen LogP contribution >= 0.6 is 0 Å². The maximum absolute atomic E-state index is 5.82. The molecule has 2 N–H and O–H groups in total. The van der Waals surface area contributed by atoms with Crippen LogP contribution in [0.4, 0.5) is 0 Å². The van der Waals surface area contributed by atoms with E-state index in [2.05, 4.69) is 17.1 Å². The van der Waals surface area contributed by atoms with Crippen LogP contribution in [-0.4, -0.2) is 10.2 Å². The van der Waals surface area contributed by atoms with Crippen LogP contribution in [0, 0.1) is 17.3 Å². The molecule has 18 heavy (non-hydrogen) atoms. The highest BCUT2D eigenvalue weighted by Gasteiger charge is 2.58. The van der Waals surface area contributed by atoms with Gasteiger partial charge in [-0.2, -0.15) is 0 Å². The third-order valence-corrected chi connectivity index (χ3v) is 5.45. The largest absolute Gasteiger partial charge is 0.423 e. The van der Waals surface area contributed by atoms with E-state index in [0.29, 0.717) is 17.9 Å². The fourth-order valence-electron chi connectivity index (χ4n) is 5.52. The predicted molar refractivity (Wildman–Crippen MR) is 66.7 cm³/mol. The minimum atomic E-state index is 0.180. The van der Waals surface area contributed by atoms with Crippen molar-refractivity contribution in [2.45, 2.75) is 57.4 Å². The molecule has 4 heteroatoms. The van der Waals surface area contributed by atoms with Gasteiger partial charge in [0.1, 0.15) is 0 Å². The molecule has 1 heterocycles. The Morgan fingerprint density at radius 1 is 1.22 bits per heavy atom. The van der Waals surface area contributed by atoms with Crippen molar-refractivity contribution in [2.24, 2.45) is 23.0 Å². The van der Waals surface area contributed by atoms with E-state index >= 15 is 0 Å². The molecular weight excluding hydrogens is 226 g/mol. The summed E-state index contributed by atoms with van der Waals surface area (Å²) in [7, 11) is 0. The van der Waals surface area contributed by atoms with Gasteiger partial charge in [-0.1, -0.05) is 6.92 Å².